The molecule has 6 aliphatic rings. The number of methoxy groups -OCH3 is 4. The highest BCUT2D eigenvalue weighted by Crippen LogP contribution is 2.62. The summed E-state index contributed by atoms with van der Waals surface area (Å²) >= 11 is 0. The van der Waals surface area contributed by atoms with Gasteiger partial charge in [-0.2, -0.15) is 0 Å². The third-order valence-electron chi connectivity index (χ3n) is 27.8. The fourth-order valence-electron chi connectivity index (χ4n) is 19.6. The van der Waals surface area contributed by atoms with Crippen LogP contribution >= 0.6 is 0 Å². The van der Waals surface area contributed by atoms with Gasteiger partial charge in [0, 0.05) is 90.5 Å². The fraction of sp³-hybridized carbons (Fsp3) is 0.508. The Bertz CT molecular complexity index is 5270. The number of esters is 1. The normalized spacial score (nSPS) is 18.4. The zero-order chi connectivity index (χ0) is 92.4. The summed E-state index contributed by atoms with van der Waals surface area (Å²) in [7, 11) is 6.93. The average molecular weight is 1890 g/mol. The van der Waals surface area contributed by atoms with Crippen molar-refractivity contribution >= 4 is 39.1 Å². The molecule has 6 saturated carbocycles. The van der Waals surface area contributed by atoms with Gasteiger partial charge in [-0.05, 0) is 275 Å². The van der Waals surface area contributed by atoms with Gasteiger partial charge in [0.2, 0.25) is 5.91 Å². The Kier molecular flexibility index (Phi) is 46.9. The van der Waals surface area contributed by atoms with Crippen LogP contribution in [0.15, 0.2) is 176 Å². The van der Waals surface area contributed by atoms with Crippen molar-refractivity contribution in [2.75, 3.05) is 47.0 Å². The van der Waals surface area contributed by atoms with Crippen LogP contribution in [0.25, 0.3) is 21.5 Å². The highest BCUT2D eigenvalue weighted by atomic mass is 16.6. The van der Waals surface area contributed by atoms with Crippen LogP contribution in [-0.4, -0.2) is 90.3 Å². The Morgan fingerprint density at radius 1 is 0.453 bits per heavy atom. The van der Waals surface area contributed by atoms with Crippen molar-refractivity contribution in [3.8, 4) is 51.7 Å². The molecule has 19 heteroatoms. The molecule has 0 saturated heterocycles. The highest BCUT2D eigenvalue weighted by Gasteiger charge is 2.60. The second-order valence-corrected chi connectivity index (χ2v) is 37.7. The first-order valence-corrected chi connectivity index (χ1v) is 46.5. The van der Waals surface area contributed by atoms with E-state index in [1.807, 2.05) is 126 Å². The van der Waals surface area contributed by atoms with Crippen molar-refractivity contribution in [1.29, 1.82) is 0 Å². The number of nitrogens with one attached hydrogen (secondary N) is 1. The molecule has 16 rings (SSSR count). The highest BCUT2D eigenvalue weighted by molar-refractivity contribution is 5.95. The second-order valence-electron chi connectivity index (χ2n) is 37.7. The lowest BCUT2D eigenvalue weighted by Crippen LogP contribution is -2.48. The predicted octanol–water partition coefficient (Wildman–Crippen LogP) is 29.6. The molecule has 756 valence electrons. The zero-order valence-electron chi connectivity index (χ0n) is 78.9. The van der Waals surface area contributed by atoms with Gasteiger partial charge in [-0.1, -0.05) is 217 Å². The number of aromatic hydroxyl groups is 1. The first kappa shape index (κ1) is 119. The molecule has 0 spiro atoms. The van der Waals surface area contributed by atoms with Crippen LogP contribution in [0.5, 0.6) is 51.7 Å². The van der Waals surface area contributed by atoms with Crippen molar-refractivity contribution in [3.63, 3.8) is 0 Å². The zero-order valence-corrected chi connectivity index (χ0v) is 78.9. The molecule has 6 fully saturated rings. The van der Waals surface area contributed by atoms with E-state index in [-0.39, 0.29) is 117 Å². The monoisotopic (exact) mass is 1890 g/mol. The number of aliphatic hydroxyl groups is 4. The van der Waals surface area contributed by atoms with Crippen LogP contribution in [0.4, 0.5) is 5.69 Å². The molecule has 10 aromatic carbocycles. The first-order valence-electron chi connectivity index (χ1n) is 46.5. The molecule has 137 heavy (non-hydrogen) atoms. The van der Waals surface area contributed by atoms with E-state index < -0.39 is 49.1 Å². The molecule has 0 aromatic heterocycles. The molecule has 0 aliphatic heterocycles. The lowest BCUT2D eigenvalue weighted by atomic mass is 9.48. The standard InChI is InChI=1S/C34H39NO8.C33H48O5.C31H34O4.C12H18O.8CH4/c1-4-34(2,3)33(41)35-24-11-13-25(14-12-24)43-30(23-10-9-21-7-5-6-8-22(21)15-23)20-42-32-28(18-38)26(16-36)31(40)27(17-37)29(32)19-39;1-6-30(2,3)29(34)38-33-9-7-32(21-33,8-10-33)37-28-25(19-35-4)14-27(15-26(28)20-36-5)31-16-22-11-23(17-31)13-24(12-22)18-31;1-6-22(3)23-11-12-25-18-28(14-13-24(25)17-23)34-29-9-7-8-10-30(29)35-31-26(19-32-4)15-21(2)16-27(31)20-33-5;1-4-10(3)11-6-8-12(9-7-11)13-5-2;;;;;;;;/h5-15,30,36-40H,4,16-20H2,1-3H3,(H,35,41);14-15,22-24H,6-13,16-21H2,1-5H3;7-18,22H,6,19-20H2,1-5H3;6-10H,4-5H2,1-3H3;8*1H4. The molecule has 6 bridgehead atoms. The average Bonchev–Trinajstić information content (AvgIpc) is 1.34. The van der Waals surface area contributed by atoms with Gasteiger partial charge in [-0.3, -0.25) is 9.59 Å². The number of aryl methyl sites for hydroxylation is 1. The lowest BCUT2D eigenvalue weighted by Gasteiger charge is -2.57. The summed E-state index contributed by atoms with van der Waals surface area (Å²) in [6.07, 6.45) is 15.8. The number of carbonyl (C=O) groups excluding carboxylic acids is 2. The van der Waals surface area contributed by atoms with E-state index in [9.17, 15) is 35.1 Å². The summed E-state index contributed by atoms with van der Waals surface area (Å²) < 4.78 is 66.4. The molecule has 10 aromatic rings. The number of fused-ring (bicyclic) bond motifs is 4. The van der Waals surface area contributed by atoms with E-state index in [2.05, 4.69) is 114 Å². The largest absolute Gasteiger partial charge is 0.507 e. The third kappa shape index (κ3) is 28.6. The maximum atomic E-state index is 13.0. The second kappa shape index (κ2) is 53.9. The number of para-hydroxylation sites is 2. The number of benzene rings is 10. The third-order valence-corrected chi connectivity index (χ3v) is 27.8. The molecule has 6 N–H and O–H groups in total. The molecule has 1 amide bonds. The van der Waals surface area contributed by atoms with Crippen LogP contribution in [0.3, 0.4) is 0 Å². The molecule has 6 aliphatic carbocycles. The number of anilines is 1. The Hall–Kier alpha value is -10.1. The topological polar surface area (TPSA) is 249 Å². The minimum absolute atomic E-state index is 0. The predicted molar refractivity (Wildman–Crippen MR) is 563 cm³/mol. The number of rotatable bonds is 37. The first-order chi connectivity index (χ1) is 62.1. The van der Waals surface area contributed by atoms with Crippen LogP contribution in [0.1, 0.15) is 322 Å². The summed E-state index contributed by atoms with van der Waals surface area (Å²) in [4.78, 5) is 25.6. The van der Waals surface area contributed by atoms with Gasteiger partial charge in [0.25, 0.3) is 0 Å². The Morgan fingerprint density at radius 2 is 0.883 bits per heavy atom. The minimum Gasteiger partial charge on any atom is -0.507 e. The van der Waals surface area contributed by atoms with Crippen LogP contribution in [-0.2, 0) is 91.5 Å². The van der Waals surface area contributed by atoms with E-state index in [0.717, 1.165) is 142 Å². The van der Waals surface area contributed by atoms with Gasteiger partial charge >= 0.3 is 5.97 Å². The molecule has 3 unspecified atom stereocenters. The van der Waals surface area contributed by atoms with Crippen LogP contribution < -0.4 is 33.7 Å². The van der Waals surface area contributed by atoms with Crippen molar-refractivity contribution in [1.82, 2.24) is 0 Å². The van der Waals surface area contributed by atoms with Crippen molar-refractivity contribution in [2.24, 2.45) is 28.6 Å². The van der Waals surface area contributed by atoms with E-state index in [1.165, 1.54) is 67.0 Å². The Labute approximate surface area is 823 Å². The number of carbonyl (C=O) groups is 2. The van der Waals surface area contributed by atoms with E-state index >= 15 is 0 Å². The smallest absolute Gasteiger partial charge is 0.312 e. The fourth-order valence-corrected chi connectivity index (χ4v) is 19.6. The Balaban J connectivity index is 0.000000392. The van der Waals surface area contributed by atoms with Gasteiger partial charge < -0.3 is 83.0 Å². The Morgan fingerprint density at radius 3 is 1.39 bits per heavy atom. The van der Waals surface area contributed by atoms with Crippen LogP contribution in [0.2, 0.25) is 0 Å². The molecule has 0 heterocycles. The molecule has 19 nitrogen and oxygen atoms in total. The SMILES string of the molecule is C.C.C.C.C.C.C.C.CCC(C)(C)C(=O)Nc1ccc(OC(COc2c(CO)c(CO)c(O)c(CO)c2CO)c2ccc3ccccc3c2)cc1.CCC(C)(C)C(=O)OC12CCC(Oc3c(COC)cc(C45CC6CC(CC(C6)C4)C5)cc3COC)(CC1)C2.CCC(C)c1ccc2cc(Oc3ccccc3Oc3c(COC)cc(C)cc3COC)ccc2c1.CCOc1ccc(C(C)CC)cc1. The number of ether oxygens (including phenoxy) is 11. The molecule has 0 radical (unpaired) electrons. The quantitative estimate of drug-likeness (QED) is 0.0198. The maximum Gasteiger partial charge on any atom is 0.312 e. The van der Waals surface area contributed by atoms with Crippen LogP contribution in [0, 0.1) is 35.5 Å². The molecular weight excluding hydrogens is 1720 g/mol. The number of aliphatic hydroxyl groups excluding tert-OH is 4. The summed E-state index contributed by atoms with van der Waals surface area (Å²) in [5.74, 6) is 8.62. The number of hydrogen-bond acceptors (Lipinski definition) is 18. The van der Waals surface area contributed by atoms with Crippen molar-refractivity contribution < 1.29 is 87.2 Å². The van der Waals surface area contributed by atoms with E-state index in [4.69, 9.17) is 52.1 Å². The van der Waals surface area contributed by atoms with Gasteiger partial charge in [0.15, 0.2) is 17.6 Å². The van der Waals surface area contributed by atoms with Crippen molar-refractivity contribution in [3.05, 3.63) is 248 Å². The summed E-state index contributed by atoms with van der Waals surface area (Å²) in [6.45, 7) is 25.0. The van der Waals surface area contributed by atoms with Gasteiger partial charge in [0.1, 0.15) is 58.1 Å². The minimum atomic E-state index is -0.675. The maximum absolute atomic E-state index is 13.0. The van der Waals surface area contributed by atoms with Gasteiger partial charge in [0.05, 0.1) is 64.9 Å². The molecule has 3 atom stereocenters. The summed E-state index contributed by atoms with van der Waals surface area (Å²) in [5, 5.41) is 58.0. The number of phenols is 1. The number of amides is 1. The number of hydrogen-bond donors (Lipinski definition) is 6. The lowest BCUT2D eigenvalue weighted by molar-refractivity contribution is -0.170. The van der Waals surface area contributed by atoms with E-state index in [1.54, 1.807) is 52.7 Å². The van der Waals surface area contributed by atoms with Gasteiger partial charge in [-0.15, -0.1) is 0 Å². The van der Waals surface area contributed by atoms with E-state index in [0.29, 0.717) is 73.0 Å². The molecular formula is C118H171NO18. The summed E-state index contributed by atoms with van der Waals surface area (Å²) in [5.41, 5.74) is 9.95. The summed E-state index contributed by atoms with van der Waals surface area (Å²) in [6, 6.07) is 58.8. The van der Waals surface area contributed by atoms with Gasteiger partial charge in [-0.25, -0.2) is 0 Å². The van der Waals surface area contributed by atoms with Crippen molar-refractivity contribution in [2.45, 2.75) is 326 Å².